The molecule has 13 heavy (non-hydrogen) atoms. The van der Waals surface area contributed by atoms with Gasteiger partial charge in [-0.2, -0.15) is 0 Å². The van der Waals surface area contributed by atoms with Crippen LogP contribution >= 0.6 is 11.6 Å². The molecular formula is C8H10ClNO3. The van der Waals surface area contributed by atoms with Gasteiger partial charge in [0.25, 0.3) is 0 Å². The van der Waals surface area contributed by atoms with Crippen LogP contribution < -0.4 is 5.32 Å². The molecule has 1 atom stereocenters. The maximum Gasteiger partial charge on any atom is 0.407 e. The maximum atomic E-state index is 10.8. The Bertz CT molecular complexity index is 260. The minimum atomic E-state index is -0.531. The maximum absolute atomic E-state index is 10.8. The minimum Gasteiger partial charge on any atom is -0.465 e. The van der Waals surface area contributed by atoms with Crippen LogP contribution in [0.2, 0.25) is 0 Å². The van der Waals surface area contributed by atoms with Gasteiger partial charge < -0.3 is 14.5 Å². The first-order valence-electron chi connectivity index (χ1n) is 3.75. The van der Waals surface area contributed by atoms with E-state index in [4.69, 9.17) is 20.8 Å². The zero-order valence-electron chi connectivity index (χ0n) is 7.12. The molecule has 1 amide bonds. The van der Waals surface area contributed by atoms with Crippen LogP contribution in [0.25, 0.3) is 0 Å². The molecule has 0 aliphatic carbocycles. The van der Waals surface area contributed by atoms with Crippen LogP contribution in [0.4, 0.5) is 4.79 Å². The summed E-state index contributed by atoms with van der Waals surface area (Å²) in [4.78, 5) is 10.8. The molecule has 0 aliphatic heterocycles. The molecule has 0 unspecified atom stereocenters. The zero-order valence-corrected chi connectivity index (χ0v) is 7.88. The van der Waals surface area contributed by atoms with Crippen molar-refractivity contribution in [2.45, 2.75) is 6.10 Å². The van der Waals surface area contributed by atoms with Gasteiger partial charge in [0.1, 0.15) is 5.76 Å². The SMILES string of the molecule is CNC(=O)O[C@H](CCl)c1ccco1. The Kier molecular flexibility index (Phi) is 3.64. The number of alkyl halides is 1. The van der Waals surface area contributed by atoms with Crippen LogP contribution in [0.5, 0.6) is 0 Å². The smallest absolute Gasteiger partial charge is 0.407 e. The van der Waals surface area contributed by atoms with Crippen LogP contribution in [0.15, 0.2) is 22.8 Å². The second kappa shape index (κ2) is 4.77. The molecule has 72 valence electrons. The number of amides is 1. The van der Waals surface area contributed by atoms with E-state index in [1.807, 2.05) is 0 Å². The molecule has 4 nitrogen and oxygen atoms in total. The number of alkyl carbamates (subject to hydrolysis) is 1. The van der Waals surface area contributed by atoms with E-state index in [9.17, 15) is 4.79 Å². The van der Waals surface area contributed by atoms with E-state index < -0.39 is 12.2 Å². The van der Waals surface area contributed by atoms with Crippen LogP contribution in [0, 0.1) is 0 Å². The molecule has 0 radical (unpaired) electrons. The third kappa shape index (κ3) is 2.66. The minimum absolute atomic E-state index is 0.168. The van der Waals surface area contributed by atoms with Crippen molar-refractivity contribution >= 4 is 17.7 Å². The first kappa shape index (κ1) is 9.92. The molecule has 0 fully saturated rings. The van der Waals surface area contributed by atoms with Crippen LogP contribution in [0.1, 0.15) is 11.9 Å². The van der Waals surface area contributed by atoms with Gasteiger partial charge in [0.15, 0.2) is 6.10 Å². The molecular weight excluding hydrogens is 194 g/mol. The van der Waals surface area contributed by atoms with Crippen molar-refractivity contribution in [1.29, 1.82) is 0 Å². The molecule has 0 aromatic carbocycles. The number of furan rings is 1. The van der Waals surface area contributed by atoms with Gasteiger partial charge in [0.05, 0.1) is 12.1 Å². The molecule has 1 N–H and O–H groups in total. The predicted molar refractivity (Wildman–Crippen MR) is 47.7 cm³/mol. The van der Waals surface area contributed by atoms with Crippen molar-refractivity contribution < 1.29 is 13.9 Å². The third-order valence-electron chi connectivity index (χ3n) is 1.45. The highest BCUT2D eigenvalue weighted by molar-refractivity contribution is 6.18. The largest absolute Gasteiger partial charge is 0.465 e. The van der Waals surface area contributed by atoms with E-state index in [0.29, 0.717) is 5.76 Å². The monoisotopic (exact) mass is 203 g/mol. The van der Waals surface area contributed by atoms with Gasteiger partial charge in [-0.1, -0.05) is 0 Å². The first-order valence-corrected chi connectivity index (χ1v) is 4.29. The van der Waals surface area contributed by atoms with Crippen molar-refractivity contribution in [3.05, 3.63) is 24.2 Å². The summed E-state index contributed by atoms with van der Waals surface area (Å²) in [6, 6.07) is 3.41. The molecule has 0 saturated heterocycles. The molecule has 0 bridgehead atoms. The fourth-order valence-corrected chi connectivity index (χ4v) is 1.04. The Hall–Kier alpha value is -1.16. The summed E-state index contributed by atoms with van der Waals surface area (Å²) in [6.07, 6.45) is 0.445. The van der Waals surface area contributed by atoms with Crippen molar-refractivity contribution in [3.8, 4) is 0 Å². The highest BCUT2D eigenvalue weighted by atomic mass is 35.5. The molecule has 1 heterocycles. The number of halogens is 1. The highest BCUT2D eigenvalue weighted by Crippen LogP contribution is 2.19. The molecule has 1 rings (SSSR count). The Morgan fingerprint density at radius 2 is 2.62 bits per heavy atom. The second-order valence-electron chi connectivity index (χ2n) is 2.31. The fourth-order valence-electron chi connectivity index (χ4n) is 0.828. The first-order chi connectivity index (χ1) is 6.27. The standard InChI is InChI=1S/C8H10ClNO3/c1-10-8(11)13-7(5-9)6-3-2-4-12-6/h2-4,7H,5H2,1H3,(H,10,11)/t7-/m1/s1. The van der Waals surface area contributed by atoms with Gasteiger partial charge in [0, 0.05) is 7.05 Å². The summed E-state index contributed by atoms with van der Waals surface area (Å²) in [5.74, 6) is 0.708. The molecule has 0 spiro atoms. The summed E-state index contributed by atoms with van der Waals surface area (Å²) in [5, 5.41) is 2.33. The van der Waals surface area contributed by atoms with E-state index in [-0.39, 0.29) is 5.88 Å². The lowest BCUT2D eigenvalue weighted by Crippen LogP contribution is -2.22. The number of hydrogen-bond donors (Lipinski definition) is 1. The number of ether oxygens (including phenoxy) is 1. The van der Waals surface area contributed by atoms with Gasteiger partial charge in [-0.15, -0.1) is 11.6 Å². The lowest BCUT2D eigenvalue weighted by atomic mass is 10.3. The topological polar surface area (TPSA) is 51.5 Å². The third-order valence-corrected chi connectivity index (χ3v) is 1.73. The van der Waals surface area contributed by atoms with E-state index in [2.05, 4.69) is 5.32 Å². The summed E-state index contributed by atoms with van der Waals surface area (Å²) in [5.41, 5.74) is 0. The van der Waals surface area contributed by atoms with Crippen molar-refractivity contribution in [3.63, 3.8) is 0 Å². The number of rotatable bonds is 3. The Labute approximate surface area is 80.8 Å². The van der Waals surface area contributed by atoms with Crippen molar-refractivity contribution in [1.82, 2.24) is 5.32 Å². The summed E-state index contributed by atoms with van der Waals surface area (Å²) in [6.45, 7) is 0. The summed E-state index contributed by atoms with van der Waals surface area (Å²) >= 11 is 5.60. The molecule has 0 aliphatic rings. The lowest BCUT2D eigenvalue weighted by Gasteiger charge is -2.11. The van der Waals surface area contributed by atoms with Crippen LogP contribution in [0.3, 0.4) is 0 Å². The summed E-state index contributed by atoms with van der Waals surface area (Å²) in [7, 11) is 1.48. The number of carbonyl (C=O) groups excluding carboxylic acids is 1. The Balaban J connectivity index is 2.58. The molecule has 5 heteroatoms. The van der Waals surface area contributed by atoms with Crippen molar-refractivity contribution in [2.75, 3.05) is 12.9 Å². The zero-order chi connectivity index (χ0) is 9.68. The van der Waals surface area contributed by atoms with Crippen LogP contribution in [-0.2, 0) is 4.74 Å². The lowest BCUT2D eigenvalue weighted by molar-refractivity contribution is 0.0984. The van der Waals surface area contributed by atoms with E-state index in [0.717, 1.165) is 0 Å². The Morgan fingerprint density at radius 3 is 3.08 bits per heavy atom. The number of hydrogen-bond acceptors (Lipinski definition) is 3. The second-order valence-corrected chi connectivity index (χ2v) is 2.62. The van der Waals surface area contributed by atoms with E-state index in [1.54, 1.807) is 12.1 Å². The average molecular weight is 204 g/mol. The number of carbonyl (C=O) groups is 1. The van der Waals surface area contributed by atoms with E-state index >= 15 is 0 Å². The predicted octanol–water partition coefficient (Wildman–Crippen LogP) is 1.92. The van der Waals surface area contributed by atoms with Gasteiger partial charge in [0.2, 0.25) is 0 Å². The molecule has 0 saturated carbocycles. The van der Waals surface area contributed by atoms with E-state index in [1.165, 1.54) is 13.3 Å². The van der Waals surface area contributed by atoms with Gasteiger partial charge in [-0.25, -0.2) is 4.79 Å². The molecule has 1 aromatic rings. The fraction of sp³-hybridized carbons (Fsp3) is 0.375. The molecule has 1 aromatic heterocycles. The normalized spacial score (nSPS) is 12.2. The van der Waals surface area contributed by atoms with Crippen LogP contribution in [-0.4, -0.2) is 19.0 Å². The average Bonchev–Trinajstić information content (AvgIpc) is 2.66. The quantitative estimate of drug-likeness (QED) is 0.764. The van der Waals surface area contributed by atoms with Gasteiger partial charge >= 0.3 is 6.09 Å². The van der Waals surface area contributed by atoms with Gasteiger partial charge in [-0.05, 0) is 12.1 Å². The highest BCUT2D eigenvalue weighted by Gasteiger charge is 2.16. The Morgan fingerprint density at radius 1 is 1.85 bits per heavy atom. The van der Waals surface area contributed by atoms with Crippen molar-refractivity contribution in [2.24, 2.45) is 0 Å². The summed E-state index contributed by atoms with van der Waals surface area (Å²) < 4.78 is 9.96. The number of nitrogens with one attached hydrogen (secondary N) is 1. The van der Waals surface area contributed by atoms with Gasteiger partial charge in [-0.3, -0.25) is 0 Å².